The lowest BCUT2D eigenvalue weighted by Crippen LogP contribution is -2.46. The maximum Gasteiger partial charge on any atom is 0.272 e. The molecular weight excluding hydrogens is 256 g/mol. The molecule has 2 fully saturated rings. The molecule has 5 nitrogen and oxygen atoms in total. The SMILES string of the molecule is O=C(c1ccc(C#CCO)cn1)N1CC2CCC(C1)O2. The number of hydrogen-bond donors (Lipinski definition) is 1. The summed E-state index contributed by atoms with van der Waals surface area (Å²) in [5, 5.41) is 8.63. The highest BCUT2D eigenvalue weighted by Gasteiger charge is 2.36. The van der Waals surface area contributed by atoms with Crippen LogP contribution in [0.3, 0.4) is 0 Å². The van der Waals surface area contributed by atoms with Crippen LogP contribution in [0.25, 0.3) is 0 Å². The summed E-state index contributed by atoms with van der Waals surface area (Å²) in [6, 6.07) is 3.43. The second-order valence-electron chi connectivity index (χ2n) is 5.06. The third kappa shape index (κ3) is 2.67. The molecule has 2 unspecified atom stereocenters. The van der Waals surface area contributed by atoms with Crippen molar-refractivity contribution < 1.29 is 14.6 Å². The molecule has 5 heteroatoms. The average molecular weight is 272 g/mol. The highest BCUT2D eigenvalue weighted by atomic mass is 16.5. The Morgan fingerprint density at radius 1 is 1.40 bits per heavy atom. The van der Waals surface area contributed by atoms with Crippen molar-refractivity contribution in [3.05, 3.63) is 29.6 Å². The van der Waals surface area contributed by atoms with Crippen molar-refractivity contribution in [2.45, 2.75) is 25.0 Å². The summed E-state index contributed by atoms with van der Waals surface area (Å²) < 4.78 is 5.72. The first-order valence-electron chi connectivity index (χ1n) is 6.77. The van der Waals surface area contributed by atoms with Crippen molar-refractivity contribution in [3.63, 3.8) is 0 Å². The van der Waals surface area contributed by atoms with Crippen LogP contribution in [-0.2, 0) is 4.74 Å². The Morgan fingerprint density at radius 3 is 2.75 bits per heavy atom. The van der Waals surface area contributed by atoms with E-state index in [4.69, 9.17) is 9.84 Å². The van der Waals surface area contributed by atoms with Crippen molar-refractivity contribution in [1.82, 2.24) is 9.88 Å². The smallest absolute Gasteiger partial charge is 0.272 e. The Hall–Kier alpha value is -1.90. The molecule has 2 aliphatic rings. The number of morpholine rings is 1. The Labute approximate surface area is 117 Å². The maximum atomic E-state index is 12.4. The zero-order valence-corrected chi connectivity index (χ0v) is 11.1. The van der Waals surface area contributed by atoms with Crippen molar-refractivity contribution in [2.24, 2.45) is 0 Å². The van der Waals surface area contributed by atoms with E-state index >= 15 is 0 Å². The minimum absolute atomic E-state index is 0.0492. The number of carbonyl (C=O) groups excluding carboxylic acids is 1. The fourth-order valence-corrected chi connectivity index (χ4v) is 2.68. The predicted octanol–water partition coefficient (Wildman–Crippen LogP) is 0.429. The normalized spacial score (nSPS) is 24.1. The lowest BCUT2D eigenvalue weighted by molar-refractivity contribution is -0.0305. The van der Waals surface area contributed by atoms with Gasteiger partial charge in [0.05, 0.1) is 12.2 Å². The minimum atomic E-state index is -0.183. The highest BCUT2D eigenvalue weighted by molar-refractivity contribution is 5.92. The summed E-state index contributed by atoms with van der Waals surface area (Å²) in [7, 11) is 0. The fraction of sp³-hybridized carbons (Fsp3) is 0.467. The van der Waals surface area contributed by atoms with Gasteiger partial charge >= 0.3 is 0 Å². The second kappa shape index (κ2) is 5.61. The molecular formula is C15H16N2O3. The molecule has 1 aromatic rings. The Kier molecular flexibility index (Phi) is 3.68. The Morgan fingerprint density at radius 2 is 2.15 bits per heavy atom. The van der Waals surface area contributed by atoms with E-state index in [0.29, 0.717) is 24.3 Å². The molecule has 2 bridgehead atoms. The molecule has 0 aromatic carbocycles. The predicted molar refractivity (Wildman–Crippen MR) is 72.0 cm³/mol. The van der Waals surface area contributed by atoms with E-state index in [1.807, 2.05) is 4.90 Å². The van der Waals surface area contributed by atoms with Gasteiger partial charge < -0.3 is 14.7 Å². The highest BCUT2D eigenvalue weighted by Crippen LogP contribution is 2.26. The van der Waals surface area contributed by atoms with E-state index < -0.39 is 0 Å². The van der Waals surface area contributed by atoms with Gasteiger partial charge in [-0.3, -0.25) is 4.79 Å². The number of rotatable bonds is 1. The number of likely N-dealkylation sites (tertiary alicyclic amines) is 1. The molecule has 104 valence electrons. The third-order valence-corrected chi connectivity index (χ3v) is 3.63. The molecule has 3 heterocycles. The first-order valence-corrected chi connectivity index (χ1v) is 6.77. The quantitative estimate of drug-likeness (QED) is 0.753. The van der Waals surface area contributed by atoms with E-state index in [0.717, 1.165) is 12.8 Å². The number of nitrogens with zero attached hydrogens (tertiary/aromatic N) is 2. The number of amides is 1. The monoisotopic (exact) mass is 272 g/mol. The van der Waals surface area contributed by atoms with Gasteiger partial charge in [-0.2, -0.15) is 0 Å². The van der Waals surface area contributed by atoms with Crippen molar-refractivity contribution in [2.75, 3.05) is 19.7 Å². The lowest BCUT2D eigenvalue weighted by atomic mass is 10.2. The number of ether oxygens (including phenoxy) is 1. The lowest BCUT2D eigenvalue weighted by Gasteiger charge is -2.31. The van der Waals surface area contributed by atoms with Crippen LogP contribution >= 0.6 is 0 Å². The number of aliphatic hydroxyl groups excluding tert-OH is 1. The van der Waals surface area contributed by atoms with Crippen LogP contribution in [0.5, 0.6) is 0 Å². The zero-order valence-electron chi connectivity index (χ0n) is 11.1. The number of hydrogen-bond acceptors (Lipinski definition) is 4. The van der Waals surface area contributed by atoms with Gasteiger partial charge in [-0.25, -0.2) is 4.98 Å². The van der Waals surface area contributed by atoms with E-state index in [2.05, 4.69) is 16.8 Å². The molecule has 1 aromatic heterocycles. The van der Waals surface area contributed by atoms with Gasteiger partial charge in [0.2, 0.25) is 0 Å². The Bertz CT molecular complexity index is 547. The second-order valence-corrected chi connectivity index (χ2v) is 5.06. The molecule has 3 rings (SSSR count). The summed E-state index contributed by atoms with van der Waals surface area (Å²) in [5.41, 5.74) is 1.12. The number of aromatic nitrogens is 1. The first-order chi connectivity index (χ1) is 9.76. The Balaban J connectivity index is 1.70. The van der Waals surface area contributed by atoms with Gasteiger partial charge in [-0.15, -0.1) is 0 Å². The van der Waals surface area contributed by atoms with E-state index in [1.165, 1.54) is 0 Å². The molecule has 1 amide bonds. The van der Waals surface area contributed by atoms with Crippen LogP contribution < -0.4 is 0 Å². The number of fused-ring (bicyclic) bond motifs is 2. The van der Waals surface area contributed by atoms with Crippen LogP contribution in [0.2, 0.25) is 0 Å². The molecule has 20 heavy (non-hydrogen) atoms. The van der Waals surface area contributed by atoms with E-state index in [1.54, 1.807) is 18.3 Å². The number of carbonyl (C=O) groups is 1. The number of pyridine rings is 1. The van der Waals surface area contributed by atoms with Crippen LogP contribution in [-0.4, -0.2) is 52.8 Å². The van der Waals surface area contributed by atoms with E-state index in [-0.39, 0.29) is 24.7 Å². The maximum absolute atomic E-state index is 12.4. The zero-order chi connectivity index (χ0) is 13.9. The van der Waals surface area contributed by atoms with Crippen LogP contribution in [0.4, 0.5) is 0 Å². The minimum Gasteiger partial charge on any atom is -0.384 e. The van der Waals surface area contributed by atoms with Gasteiger partial charge in [-0.1, -0.05) is 11.8 Å². The summed E-state index contributed by atoms with van der Waals surface area (Å²) >= 11 is 0. The van der Waals surface area contributed by atoms with Crippen molar-refractivity contribution in [1.29, 1.82) is 0 Å². The van der Waals surface area contributed by atoms with Gasteiger partial charge in [0.15, 0.2) is 0 Å². The topological polar surface area (TPSA) is 62.7 Å². The summed E-state index contributed by atoms with van der Waals surface area (Å²) in [4.78, 5) is 18.4. The molecule has 1 N–H and O–H groups in total. The number of aliphatic hydroxyl groups is 1. The molecule has 2 aliphatic heterocycles. The molecule has 0 saturated carbocycles. The van der Waals surface area contributed by atoms with Crippen LogP contribution in [0, 0.1) is 11.8 Å². The summed E-state index contributed by atoms with van der Waals surface area (Å²) in [6.07, 6.45) is 4.01. The van der Waals surface area contributed by atoms with Gasteiger partial charge in [-0.05, 0) is 25.0 Å². The third-order valence-electron chi connectivity index (χ3n) is 3.63. The van der Waals surface area contributed by atoms with Crippen molar-refractivity contribution >= 4 is 5.91 Å². The van der Waals surface area contributed by atoms with Gasteiger partial charge in [0.1, 0.15) is 12.3 Å². The molecule has 0 radical (unpaired) electrons. The largest absolute Gasteiger partial charge is 0.384 e. The van der Waals surface area contributed by atoms with Crippen LogP contribution in [0.15, 0.2) is 18.3 Å². The summed E-state index contributed by atoms with van der Waals surface area (Å²) in [5.74, 6) is 5.26. The van der Waals surface area contributed by atoms with E-state index in [9.17, 15) is 4.79 Å². The van der Waals surface area contributed by atoms with Crippen molar-refractivity contribution in [3.8, 4) is 11.8 Å². The summed E-state index contributed by atoms with van der Waals surface area (Å²) in [6.45, 7) is 1.13. The molecule has 0 spiro atoms. The standard InChI is InChI=1S/C15H16N2O3/c18-7-1-2-11-3-6-14(16-8-11)15(19)17-9-12-4-5-13(10-17)20-12/h3,6,8,12-13,18H,4-5,7,9-10H2. The van der Waals surface area contributed by atoms with Gasteiger partial charge in [0.25, 0.3) is 5.91 Å². The van der Waals surface area contributed by atoms with Crippen LogP contribution in [0.1, 0.15) is 28.9 Å². The molecule has 2 saturated heterocycles. The first kappa shape index (κ1) is 13.1. The fourth-order valence-electron chi connectivity index (χ4n) is 2.68. The van der Waals surface area contributed by atoms with Gasteiger partial charge in [0, 0.05) is 24.8 Å². The molecule has 2 atom stereocenters. The molecule has 0 aliphatic carbocycles. The average Bonchev–Trinajstić information content (AvgIpc) is 2.83.